The Labute approximate surface area is 157 Å². The predicted molar refractivity (Wildman–Crippen MR) is 105 cm³/mol. The summed E-state index contributed by atoms with van der Waals surface area (Å²) in [5.41, 5.74) is 4.17. The maximum atomic E-state index is 6.15. The quantitative estimate of drug-likeness (QED) is 0.644. The molecule has 2 N–H and O–H groups in total. The summed E-state index contributed by atoms with van der Waals surface area (Å²) < 4.78 is 5.16. The second-order valence-electron chi connectivity index (χ2n) is 5.73. The van der Waals surface area contributed by atoms with Crippen molar-refractivity contribution in [3.8, 4) is 5.75 Å². The van der Waals surface area contributed by atoms with E-state index in [2.05, 4.69) is 57.9 Å². The van der Waals surface area contributed by atoms with Crippen molar-refractivity contribution in [1.29, 1.82) is 0 Å². The number of rotatable bonds is 6. The van der Waals surface area contributed by atoms with Crippen molar-refractivity contribution in [1.82, 2.24) is 15.2 Å². The van der Waals surface area contributed by atoms with E-state index < -0.39 is 0 Å². The SMILES string of the molecule is CCc1cccc(C)c1Nc1cnnc(Nc2ccc(OC)c(Cl)c2)n1. The van der Waals surface area contributed by atoms with E-state index in [1.807, 2.05) is 6.07 Å². The van der Waals surface area contributed by atoms with Crippen LogP contribution in [0.1, 0.15) is 18.1 Å². The van der Waals surface area contributed by atoms with Crippen LogP contribution in [0.5, 0.6) is 5.75 Å². The molecular formula is C19H20ClN5O. The zero-order valence-electron chi connectivity index (χ0n) is 14.9. The molecule has 7 heteroatoms. The van der Waals surface area contributed by atoms with E-state index >= 15 is 0 Å². The van der Waals surface area contributed by atoms with Crippen LogP contribution in [0.15, 0.2) is 42.6 Å². The summed E-state index contributed by atoms with van der Waals surface area (Å²) in [7, 11) is 1.58. The molecule has 26 heavy (non-hydrogen) atoms. The maximum absolute atomic E-state index is 6.15. The second-order valence-corrected chi connectivity index (χ2v) is 6.13. The van der Waals surface area contributed by atoms with E-state index in [0.717, 1.165) is 23.4 Å². The van der Waals surface area contributed by atoms with E-state index in [0.29, 0.717) is 22.5 Å². The lowest BCUT2D eigenvalue weighted by molar-refractivity contribution is 0.415. The molecule has 1 aromatic heterocycles. The zero-order chi connectivity index (χ0) is 18.5. The van der Waals surface area contributed by atoms with Crippen LogP contribution < -0.4 is 15.4 Å². The first-order valence-corrected chi connectivity index (χ1v) is 8.64. The molecule has 0 aliphatic rings. The van der Waals surface area contributed by atoms with Crippen molar-refractivity contribution in [2.45, 2.75) is 20.3 Å². The molecule has 0 aliphatic carbocycles. The van der Waals surface area contributed by atoms with Crippen LogP contribution in [0.4, 0.5) is 23.1 Å². The number of benzene rings is 2. The van der Waals surface area contributed by atoms with E-state index in [9.17, 15) is 0 Å². The molecule has 0 saturated heterocycles. The molecule has 0 spiro atoms. The monoisotopic (exact) mass is 369 g/mol. The van der Waals surface area contributed by atoms with Gasteiger partial charge in [-0.2, -0.15) is 10.1 Å². The van der Waals surface area contributed by atoms with E-state index in [-0.39, 0.29) is 0 Å². The summed E-state index contributed by atoms with van der Waals surface area (Å²) >= 11 is 6.15. The minimum absolute atomic E-state index is 0.378. The third-order valence-electron chi connectivity index (χ3n) is 3.96. The number of nitrogens with zero attached hydrogens (tertiary/aromatic N) is 3. The molecule has 6 nitrogen and oxygen atoms in total. The van der Waals surface area contributed by atoms with Crippen molar-refractivity contribution < 1.29 is 4.74 Å². The fourth-order valence-corrected chi connectivity index (χ4v) is 2.88. The Morgan fingerprint density at radius 3 is 2.73 bits per heavy atom. The summed E-state index contributed by atoms with van der Waals surface area (Å²) in [6.45, 7) is 4.19. The van der Waals surface area contributed by atoms with Gasteiger partial charge in [0.1, 0.15) is 5.75 Å². The van der Waals surface area contributed by atoms with Crippen molar-refractivity contribution in [3.63, 3.8) is 0 Å². The van der Waals surface area contributed by atoms with Crippen molar-refractivity contribution in [2.24, 2.45) is 0 Å². The zero-order valence-corrected chi connectivity index (χ0v) is 15.6. The lowest BCUT2D eigenvalue weighted by Gasteiger charge is -2.13. The van der Waals surface area contributed by atoms with E-state index in [1.54, 1.807) is 25.4 Å². The van der Waals surface area contributed by atoms with Gasteiger partial charge in [-0.3, -0.25) is 0 Å². The van der Waals surface area contributed by atoms with Gasteiger partial charge in [-0.1, -0.05) is 36.7 Å². The smallest absolute Gasteiger partial charge is 0.249 e. The van der Waals surface area contributed by atoms with Crippen LogP contribution in [0, 0.1) is 6.92 Å². The summed E-state index contributed by atoms with van der Waals surface area (Å²) in [5.74, 6) is 1.60. The standard InChI is InChI=1S/C19H20ClN5O/c1-4-13-7-5-6-12(2)18(13)23-17-11-21-25-19(24-17)22-14-8-9-16(26-3)15(20)10-14/h5-11H,4H2,1-3H3,(H2,22,23,24,25). The van der Waals surface area contributed by atoms with Gasteiger partial charge in [0.25, 0.3) is 0 Å². The maximum Gasteiger partial charge on any atom is 0.249 e. The fraction of sp³-hybridized carbons (Fsp3) is 0.211. The highest BCUT2D eigenvalue weighted by molar-refractivity contribution is 6.32. The lowest BCUT2D eigenvalue weighted by Crippen LogP contribution is -2.04. The molecule has 0 atom stereocenters. The van der Waals surface area contributed by atoms with Crippen LogP contribution in [-0.4, -0.2) is 22.3 Å². The Hall–Kier alpha value is -2.86. The molecule has 3 rings (SSSR count). The Bertz CT molecular complexity index is 916. The highest BCUT2D eigenvalue weighted by atomic mass is 35.5. The number of para-hydroxylation sites is 1. The largest absolute Gasteiger partial charge is 0.495 e. The van der Waals surface area contributed by atoms with Gasteiger partial charge < -0.3 is 15.4 Å². The normalized spacial score (nSPS) is 10.5. The third-order valence-corrected chi connectivity index (χ3v) is 4.26. The number of aromatic nitrogens is 3. The molecule has 0 fully saturated rings. The van der Waals surface area contributed by atoms with Crippen LogP contribution in [0.2, 0.25) is 5.02 Å². The van der Waals surface area contributed by atoms with Crippen molar-refractivity contribution >= 4 is 34.7 Å². The van der Waals surface area contributed by atoms with Crippen LogP contribution in [-0.2, 0) is 6.42 Å². The number of ether oxygens (including phenoxy) is 1. The fourth-order valence-electron chi connectivity index (χ4n) is 2.62. The van der Waals surface area contributed by atoms with E-state index in [1.165, 1.54) is 5.56 Å². The Kier molecular flexibility index (Phi) is 5.53. The highest BCUT2D eigenvalue weighted by Gasteiger charge is 2.08. The summed E-state index contributed by atoms with van der Waals surface area (Å²) in [4.78, 5) is 4.48. The van der Waals surface area contributed by atoms with Gasteiger partial charge in [-0.15, -0.1) is 5.10 Å². The number of methoxy groups -OCH3 is 1. The Balaban J connectivity index is 1.82. The summed E-state index contributed by atoms with van der Waals surface area (Å²) in [5, 5.41) is 15.0. The van der Waals surface area contributed by atoms with Crippen molar-refractivity contribution in [3.05, 3.63) is 58.7 Å². The number of anilines is 4. The molecule has 0 unspecified atom stereocenters. The Morgan fingerprint density at radius 2 is 2.00 bits per heavy atom. The highest BCUT2D eigenvalue weighted by Crippen LogP contribution is 2.29. The first kappa shape index (κ1) is 17.9. The van der Waals surface area contributed by atoms with Gasteiger partial charge in [0.2, 0.25) is 5.95 Å². The van der Waals surface area contributed by atoms with Crippen LogP contribution >= 0.6 is 11.6 Å². The molecule has 3 aromatic rings. The van der Waals surface area contributed by atoms with Gasteiger partial charge in [-0.25, -0.2) is 0 Å². The molecule has 0 amide bonds. The number of aryl methyl sites for hydroxylation is 2. The topological polar surface area (TPSA) is 72.0 Å². The van der Waals surface area contributed by atoms with Gasteiger partial charge in [0.15, 0.2) is 5.82 Å². The molecule has 1 heterocycles. The third kappa shape index (κ3) is 4.03. The number of nitrogens with one attached hydrogen (secondary N) is 2. The number of hydrogen-bond acceptors (Lipinski definition) is 6. The molecule has 0 radical (unpaired) electrons. The second kappa shape index (κ2) is 8.01. The molecule has 0 aliphatic heterocycles. The average molecular weight is 370 g/mol. The first-order valence-electron chi connectivity index (χ1n) is 8.26. The van der Waals surface area contributed by atoms with Gasteiger partial charge in [0, 0.05) is 11.4 Å². The summed E-state index contributed by atoms with van der Waals surface area (Å²) in [6, 6.07) is 11.6. The minimum Gasteiger partial charge on any atom is -0.495 e. The molecular weight excluding hydrogens is 350 g/mol. The Morgan fingerprint density at radius 1 is 1.15 bits per heavy atom. The van der Waals surface area contributed by atoms with Gasteiger partial charge in [-0.05, 0) is 42.7 Å². The first-order chi connectivity index (χ1) is 12.6. The van der Waals surface area contributed by atoms with Gasteiger partial charge >= 0.3 is 0 Å². The molecule has 0 bridgehead atoms. The molecule has 134 valence electrons. The molecule has 2 aromatic carbocycles. The number of halogens is 1. The van der Waals surface area contributed by atoms with Crippen molar-refractivity contribution in [2.75, 3.05) is 17.7 Å². The van der Waals surface area contributed by atoms with Gasteiger partial charge in [0.05, 0.1) is 18.3 Å². The molecule has 0 saturated carbocycles. The summed E-state index contributed by atoms with van der Waals surface area (Å²) in [6.07, 6.45) is 2.52. The number of hydrogen-bond donors (Lipinski definition) is 2. The minimum atomic E-state index is 0.378. The average Bonchev–Trinajstić information content (AvgIpc) is 2.64. The van der Waals surface area contributed by atoms with E-state index in [4.69, 9.17) is 16.3 Å². The predicted octanol–water partition coefficient (Wildman–Crippen LogP) is 4.89. The lowest BCUT2D eigenvalue weighted by atomic mass is 10.1. The van der Waals surface area contributed by atoms with Crippen LogP contribution in [0.25, 0.3) is 0 Å². The van der Waals surface area contributed by atoms with Crippen LogP contribution in [0.3, 0.4) is 0 Å².